The summed E-state index contributed by atoms with van der Waals surface area (Å²) >= 11 is 5.88. The molecule has 0 radical (unpaired) electrons. The van der Waals surface area contributed by atoms with Gasteiger partial charge in [-0.3, -0.25) is 0 Å². The summed E-state index contributed by atoms with van der Waals surface area (Å²) in [6.45, 7) is 5.17. The molecule has 19 heavy (non-hydrogen) atoms. The number of aliphatic hydroxyl groups is 1. The van der Waals surface area contributed by atoms with Gasteiger partial charge in [0.05, 0.1) is 0 Å². The molecule has 5 heteroatoms. The third-order valence-electron chi connectivity index (χ3n) is 3.24. The topological polar surface area (TPSA) is 32.7 Å². The predicted molar refractivity (Wildman–Crippen MR) is 80.6 cm³/mol. The largest absolute Gasteiger partial charge is 0.491 e. The number of hydrogen-bond acceptors (Lipinski definition) is 3. The number of benzene rings is 1. The highest BCUT2D eigenvalue weighted by Gasteiger charge is 2.16. The van der Waals surface area contributed by atoms with Gasteiger partial charge in [-0.25, -0.2) is 0 Å². The molecule has 1 aromatic rings. The van der Waals surface area contributed by atoms with Crippen molar-refractivity contribution in [2.45, 2.75) is 25.9 Å². The Morgan fingerprint density at radius 2 is 2.05 bits per heavy atom. The van der Waals surface area contributed by atoms with E-state index in [0.29, 0.717) is 18.2 Å². The summed E-state index contributed by atoms with van der Waals surface area (Å²) in [5, 5.41) is 10.6. The molecule has 2 rings (SSSR count). The van der Waals surface area contributed by atoms with Crippen molar-refractivity contribution in [2.24, 2.45) is 0 Å². The van der Waals surface area contributed by atoms with Crippen molar-refractivity contribution in [1.82, 2.24) is 4.90 Å². The number of aryl methyl sites for hydroxylation is 1. The summed E-state index contributed by atoms with van der Waals surface area (Å²) < 4.78 is 5.63. The maximum absolute atomic E-state index is 9.92. The number of aliphatic hydroxyl groups excluding tert-OH is 1. The van der Waals surface area contributed by atoms with Gasteiger partial charge in [-0.05, 0) is 56.6 Å². The van der Waals surface area contributed by atoms with E-state index in [2.05, 4.69) is 4.90 Å². The van der Waals surface area contributed by atoms with E-state index in [-0.39, 0.29) is 12.4 Å². The predicted octanol–water partition coefficient (Wildman–Crippen LogP) is 2.91. The number of likely N-dealkylation sites (tertiary alicyclic amines) is 1. The Bertz CT molecular complexity index is 395. The summed E-state index contributed by atoms with van der Waals surface area (Å²) in [6, 6.07) is 5.51. The van der Waals surface area contributed by atoms with Crippen molar-refractivity contribution in [1.29, 1.82) is 0 Å². The monoisotopic (exact) mass is 305 g/mol. The third-order valence-corrected chi connectivity index (χ3v) is 3.47. The smallest absolute Gasteiger partial charge is 0.122 e. The first-order chi connectivity index (χ1) is 8.65. The zero-order valence-corrected chi connectivity index (χ0v) is 12.7. The second-order valence-electron chi connectivity index (χ2n) is 4.88. The lowest BCUT2D eigenvalue weighted by Gasteiger charge is -2.20. The summed E-state index contributed by atoms with van der Waals surface area (Å²) in [5.41, 5.74) is 0.996. The molecule has 0 aromatic heterocycles. The molecule has 1 unspecified atom stereocenters. The Kier molecular flexibility index (Phi) is 6.94. The molecule has 1 N–H and O–H groups in total. The first-order valence-electron chi connectivity index (χ1n) is 6.44. The second kappa shape index (κ2) is 7.95. The van der Waals surface area contributed by atoms with Crippen molar-refractivity contribution in [3.05, 3.63) is 28.8 Å². The number of nitrogens with zero attached hydrogens (tertiary/aromatic N) is 1. The minimum Gasteiger partial charge on any atom is -0.491 e. The highest BCUT2D eigenvalue weighted by Crippen LogP contribution is 2.22. The van der Waals surface area contributed by atoms with E-state index < -0.39 is 6.10 Å². The molecular formula is C14H21Cl2NO2. The Balaban J connectivity index is 0.00000180. The van der Waals surface area contributed by atoms with Crippen LogP contribution in [0.3, 0.4) is 0 Å². The first kappa shape index (κ1) is 16.6. The van der Waals surface area contributed by atoms with Gasteiger partial charge in [0.1, 0.15) is 18.5 Å². The van der Waals surface area contributed by atoms with Crippen LogP contribution < -0.4 is 4.74 Å². The van der Waals surface area contributed by atoms with Gasteiger partial charge in [0.2, 0.25) is 0 Å². The molecule has 1 aromatic carbocycles. The van der Waals surface area contributed by atoms with E-state index >= 15 is 0 Å². The second-order valence-corrected chi connectivity index (χ2v) is 5.32. The fourth-order valence-corrected chi connectivity index (χ4v) is 2.50. The normalized spacial score (nSPS) is 17.0. The number of β-amino-alcohol motifs (C(OH)–C–C–N with tert-alkyl or cyclic N) is 1. The Hall–Kier alpha value is -0.480. The summed E-state index contributed by atoms with van der Waals surface area (Å²) in [7, 11) is 0. The molecular weight excluding hydrogens is 285 g/mol. The van der Waals surface area contributed by atoms with Crippen molar-refractivity contribution >= 4 is 24.0 Å². The van der Waals surface area contributed by atoms with Gasteiger partial charge < -0.3 is 14.7 Å². The summed E-state index contributed by atoms with van der Waals surface area (Å²) in [5.74, 6) is 0.792. The van der Waals surface area contributed by atoms with Crippen LogP contribution in [0.5, 0.6) is 5.75 Å². The van der Waals surface area contributed by atoms with E-state index in [1.165, 1.54) is 12.8 Å². The van der Waals surface area contributed by atoms with E-state index in [1.54, 1.807) is 6.07 Å². The van der Waals surface area contributed by atoms with Crippen LogP contribution in [0.2, 0.25) is 5.02 Å². The van der Waals surface area contributed by atoms with Crippen molar-refractivity contribution in [3.63, 3.8) is 0 Å². The SMILES string of the molecule is Cc1cc(Cl)ccc1OCC(O)CN1CCCC1.Cl. The van der Waals surface area contributed by atoms with Crippen LogP contribution in [0.1, 0.15) is 18.4 Å². The average molecular weight is 306 g/mol. The van der Waals surface area contributed by atoms with Gasteiger partial charge in [-0.2, -0.15) is 0 Å². The molecule has 1 aliphatic rings. The molecule has 0 saturated carbocycles. The van der Waals surface area contributed by atoms with Crippen LogP contribution in [-0.2, 0) is 0 Å². The van der Waals surface area contributed by atoms with Crippen LogP contribution >= 0.6 is 24.0 Å². The molecule has 0 aliphatic carbocycles. The van der Waals surface area contributed by atoms with Crippen molar-refractivity contribution in [2.75, 3.05) is 26.2 Å². The molecule has 0 amide bonds. The molecule has 1 aliphatic heterocycles. The maximum atomic E-state index is 9.92. The fourth-order valence-electron chi connectivity index (χ4n) is 2.28. The Morgan fingerprint density at radius 1 is 1.37 bits per heavy atom. The zero-order chi connectivity index (χ0) is 13.0. The molecule has 1 atom stereocenters. The zero-order valence-electron chi connectivity index (χ0n) is 11.1. The van der Waals surface area contributed by atoms with E-state index in [0.717, 1.165) is 24.4 Å². The van der Waals surface area contributed by atoms with Gasteiger partial charge in [0, 0.05) is 11.6 Å². The number of halogens is 2. The Labute approximate surface area is 125 Å². The highest BCUT2D eigenvalue weighted by atomic mass is 35.5. The molecule has 3 nitrogen and oxygen atoms in total. The van der Waals surface area contributed by atoms with E-state index in [4.69, 9.17) is 16.3 Å². The fraction of sp³-hybridized carbons (Fsp3) is 0.571. The van der Waals surface area contributed by atoms with Gasteiger partial charge in [0.15, 0.2) is 0 Å². The van der Waals surface area contributed by atoms with Crippen LogP contribution in [0.4, 0.5) is 0 Å². The van der Waals surface area contributed by atoms with Crippen LogP contribution in [0.25, 0.3) is 0 Å². The lowest BCUT2D eigenvalue weighted by molar-refractivity contribution is 0.0756. The van der Waals surface area contributed by atoms with Crippen LogP contribution in [0, 0.1) is 6.92 Å². The highest BCUT2D eigenvalue weighted by molar-refractivity contribution is 6.30. The minimum atomic E-state index is -0.432. The number of hydrogen-bond donors (Lipinski definition) is 1. The number of rotatable bonds is 5. The lowest BCUT2D eigenvalue weighted by Crippen LogP contribution is -2.33. The lowest BCUT2D eigenvalue weighted by atomic mass is 10.2. The maximum Gasteiger partial charge on any atom is 0.122 e. The van der Waals surface area contributed by atoms with Gasteiger partial charge >= 0.3 is 0 Å². The molecule has 1 fully saturated rings. The van der Waals surface area contributed by atoms with Gasteiger partial charge in [-0.15, -0.1) is 12.4 Å². The molecule has 1 heterocycles. The first-order valence-corrected chi connectivity index (χ1v) is 6.82. The Morgan fingerprint density at radius 3 is 2.68 bits per heavy atom. The standard InChI is InChI=1S/C14H20ClNO2.ClH/c1-11-8-12(15)4-5-14(11)18-10-13(17)9-16-6-2-3-7-16;/h4-5,8,13,17H,2-3,6-7,9-10H2,1H3;1H. The number of ether oxygens (including phenoxy) is 1. The third kappa shape index (κ3) is 5.19. The van der Waals surface area contributed by atoms with E-state index in [1.807, 2.05) is 19.1 Å². The molecule has 1 saturated heterocycles. The average Bonchev–Trinajstić information content (AvgIpc) is 2.80. The minimum absolute atomic E-state index is 0. The van der Waals surface area contributed by atoms with E-state index in [9.17, 15) is 5.11 Å². The summed E-state index contributed by atoms with van der Waals surface area (Å²) in [4.78, 5) is 2.28. The molecule has 0 spiro atoms. The van der Waals surface area contributed by atoms with Crippen molar-refractivity contribution < 1.29 is 9.84 Å². The quantitative estimate of drug-likeness (QED) is 0.908. The molecule has 0 bridgehead atoms. The summed E-state index contributed by atoms with van der Waals surface area (Å²) in [6.07, 6.45) is 2.05. The van der Waals surface area contributed by atoms with Crippen molar-refractivity contribution in [3.8, 4) is 5.75 Å². The van der Waals surface area contributed by atoms with Gasteiger partial charge in [0.25, 0.3) is 0 Å². The van der Waals surface area contributed by atoms with Gasteiger partial charge in [-0.1, -0.05) is 11.6 Å². The van der Waals surface area contributed by atoms with Crippen LogP contribution in [0.15, 0.2) is 18.2 Å². The van der Waals surface area contributed by atoms with Crippen LogP contribution in [-0.4, -0.2) is 42.4 Å². The molecule has 108 valence electrons.